The first-order valence-electron chi connectivity index (χ1n) is 10.8. The van der Waals surface area contributed by atoms with E-state index in [1.54, 1.807) is 56.6 Å². The van der Waals surface area contributed by atoms with Crippen LogP contribution >= 0.6 is 0 Å². The van der Waals surface area contributed by atoms with Gasteiger partial charge in [-0.05, 0) is 43.2 Å². The van der Waals surface area contributed by atoms with Gasteiger partial charge in [0, 0.05) is 45.5 Å². The summed E-state index contributed by atoms with van der Waals surface area (Å²) < 4.78 is 33.7. The Bertz CT molecular complexity index is 1310. The van der Waals surface area contributed by atoms with Crippen molar-refractivity contribution < 1.29 is 17.7 Å². The van der Waals surface area contributed by atoms with Crippen molar-refractivity contribution >= 4 is 39.7 Å². The molecule has 1 aliphatic heterocycles. The third kappa shape index (κ3) is 5.00. The number of hydrogen-bond acceptors (Lipinski definition) is 8. The molecule has 0 radical (unpaired) electrons. The minimum Gasteiger partial charge on any atom is -0.354 e. The van der Waals surface area contributed by atoms with Crippen LogP contribution in [0.3, 0.4) is 0 Å². The molecule has 10 nitrogen and oxygen atoms in total. The topological polar surface area (TPSA) is 122 Å². The van der Waals surface area contributed by atoms with Gasteiger partial charge < -0.3 is 14.7 Å². The second kappa shape index (κ2) is 9.74. The van der Waals surface area contributed by atoms with E-state index in [-0.39, 0.29) is 10.8 Å². The number of amides is 1. The molecule has 0 spiro atoms. The molecule has 0 aliphatic carbocycles. The maximum absolute atomic E-state index is 13.4. The van der Waals surface area contributed by atoms with E-state index in [9.17, 15) is 13.2 Å². The molecule has 0 unspecified atom stereocenters. The number of rotatable bonds is 6. The highest BCUT2D eigenvalue weighted by molar-refractivity contribution is 7.89. The molecule has 0 saturated carbocycles. The van der Waals surface area contributed by atoms with Gasteiger partial charge in [0.15, 0.2) is 5.76 Å². The largest absolute Gasteiger partial charge is 0.354 e. The van der Waals surface area contributed by atoms with Crippen molar-refractivity contribution in [2.75, 3.05) is 36.4 Å². The fraction of sp³-hybridized carbons (Fsp3) is 0.304. The predicted molar refractivity (Wildman–Crippen MR) is 129 cm³/mol. The number of anilines is 2. The van der Waals surface area contributed by atoms with Gasteiger partial charge in [-0.3, -0.25) is 4.79 Å². The minimum atomic E-state index is -3.68. The van der Waals surface area contributed by atoms with Crippen molar-refractivity contribution in [3.63, 3.8) is 0 Å². The third-order valence-corrected chi connectivity index (χ3v) is 7.56. The molecule has 1 N–H and O–H groups in total. The number of hydrogen-bond donors (Lipinski definition) is 1. The van der Waals surface area contributed by atoms with Gasteiger partial charge in [0.1, 0.15) is 11.4 Å². The highest BCUT2D eigenvalue weighted by Gasteiger charge is 2.30. The summed E-state index contributed by atoms with van der Waals surface area (Å²) in [5, 5.41) is 6.58. The molecular formula is C23H26N6O4S. The summed E-state index contributed by atoms with van der Waals surface area (Å²) in [6.45, 7) is 6.63. The van der Waals surface area contributed by atoms with Crippen LogP contribution in [-0.4, -0.2) is 59.9 Å². The lowest BCUT2D eigenvalue weighted by Crippen LogP contribution is -2.49. The Morgan fingerprint density at radius 3 is 2.47 bits per heavy atom. The van der Waals surface area contributed by atoms with Gasteiger partial charge in [0.2, 0.25) is 21.9 Å². The number of aromatic nitrogens is 3. The van der Waals surface area contributed by atoms with Crippen molar-refractivity contribution in [1.29, 1.82) is 0 Å². The lowest BCUT2D eigenvalue weighted by molar-refractivity contribution is -0.114. The van der Waals surface area contributed by atoms with Gasteiger partial charge in [0.25, 0.3) is 0 Å². The molecule has 178 valence electrons. The molecule has 1 aromatic carbocycles. The van der Waals surface area contributed by atoms with E-state index < -0.39 is 10.0 Å². The van der Waals surface area contributed by atoms with E-state index in [2.05, 4.69) is 20.4 Å². The van der Waals surface area contributed by atoms with Gasteiger partial charge in [0.05, 0.1) is 4.90 Å². The molecule has 2 aromatic heterocycles. The maximum Gasteiger partial charge on any atom is 0.243 e. The smallest absolute Gasteiger partial charge is 0.243 e. The highest BCUT2D eigenvalue weighted by atomic mass is 32.2. The van der Waals surface area contributed by atoms with Crippen molar-refractivity contribution in [3.8, 4) is 0 Å². The lowest BCUT2D eigenvalue weighted by atomic mass is 10.1. The van der Waals surface area contributed by atoms with Gasteiger partial charge in [-0.15, -0.1) is 0 Å². The molecule has 1 aliphatic rings. The second-order valence-electron chi connectivity index (χ2n) is 7.99. The van der Waals surface area contributed by atoms with Crippen molar-refractivity contribution in [1.82, 2.24) is 19.4 Å². The SMILES string of the molecule is CC(=O)Nc1c(C)noc1C=Cc1ccc(C)c(S(=O)(=O)N2CCN(c3ncccn3)CC2)c1. The zero-order chi connectivity index (χ0) is 24.3. The van der Waals surface area contributed by atoms with Gasteiger partial charge >= 0.3 is 0 Å². The van der Waals surface area contributed by atoms with Crippen LogP contribution in [0.4, 0.5) is 11.6 Å². The van der Waals surface area contributed by atoms with E-state index in [1.807, 2.05) is 11.0 Å². The Hall–Kier alpha value is -3.57. The summed E-state index contributed by atoms with van der Waals surface area (Å²) in [7, 11) is -3.68. The minimum absolute atomic E-state index is 0.233. The number of benzene rings is 1. The number of piperazine rings is 1. The Labute approximate surface area is 198 Å². The summed E-state index contributed by atoms with van der Waals surface area (Å²) >= 11 is 0. The Kier molecular flexibility index (Phi) is 6.75. The van der Waals surface area contributed by atoms with Crippen LogP contribution in [0.2, 0.25) is 0 Å². The van der Waals surface area contributed by atoms with Crippen LogP contribution in [0.5, 0.6) is 0 Å². The average molecular weight is 483 g/mol. The third-order valence-electron chi connectivity index (χ3n) is 5.52. The van der Waals surface area contributed by atoms with E-state index in [4.69, 9.17) is 4.52 Å². The van der Waals surface area contributed by atoms with Crippen LogP contribution in [-0.2, 0) is 14.8 Å². The van der Waals surface area contributed by atoms with Crippen LogP contribution in [0, 0.1) is 13.8 Å². The second-order valence-corrected chi connectivity index (χ2v) is 9.89. The van der Waals surface area contributed by atoms with Gasteiger partial charge in [-0.2, -0.15) is 4.31 Å². The Morgan fingerprint density at radius 2 is 1.79 bits per heavy atom. The van der Waals surface area contributed by atoms with Crippen LogP contribution in [0.25, 0.3) is 12.2 Å². The van der Waals surface area contributed by atoms with E-state index in [0.29, 0.717) is 60.4 Å². The summed E-state index contributed by atoms with van der Waals surface area (Å²) in [6, 6.07) is 7.01. The summed E-state index contributed by atoms with van der Waals surface area (Å²) in [5.41, 5.74) is 2.40. The van der Waals surface area contributed by atoms with E-state index >= 15 is 0 Å². The molecule has 4 rings (SSSR count). The number of carbonyl (C=O) groups is 1. The Morgan fingerprint density at radius 1 is 1.09 bits per heavy atom. The fourth-order valence-corrected chi connectivity index (χ4v) is 5.40. The lowest BCUT2D eigenvalue weighted by Gasteiger charge is -2.34. The molecule has 3 aromatic rings. The molecule has 34 heavy (non-hydrogen) atoms. The van der Waals surface area contributed by atoms with Gasteiger partial charge in [-0.25, -0.2) is 18.4 Å². The van der Waals surface area contributed by atoms with Crippen LogP contribution < -0.4 is 10.2 Å². The van der Waals surface area contributed by atoms with Gasteiger partial charge in [-0.1, -0.05) is 23.4 Å². The van der Waals surface area contributed by atoms with Crippen LogP contribution in [0.1, 0.15) is 29.5 Å². The first-order chi connectivity index (χ1) is 16.3. The molecule has 1 saturated heterocycles. The summed E-state index contributed by atoms with van der Waals surface area (Å²) in [6.07, 6.45) is 6.74. The average Bonchev–Trinajstić information content (AvgIpc) is 3.17. The monoisotopic (exact) mass is 482 g/mol. The molecule has 1 amide bonds. The first-order valence-corrected chi connectivity index (χ1v) is 12.2. The number of carbonyl (C=O) groups excluding carboxylic acids is 1. The zero-order valence-electron chi connectivity index (χ0n) is 19.2. The van der Waals surface area contributed by atoms with E-state index in [0.717, 1.165) is 0 Å². The molecule has 1 fully saturated rings. The standard InChI is InChI=1S/C23H26N6O4S/c1-16-5-6-19(7-8-20-22(26-18(3)30)17(2)27-33-20)15-21(16)34(31,32)29-13-11-28(12-14-29)23-24-9-4-10-25-23/h4-10,15H,11-14H2,1-3H3,(H,26,30). The predicted octanol–water partition coefficient (Wildman–Crippen LogP) is 2.72. The molecule has 3 heterocycles. The number of aryl methyl sites for hydroxylation is 2. The van der Waals surface area contributed by atoms with Crippen molar-refractivity contribution in [3.05, 3.63) is 59.2 Å². The highest BCUT2D eigenvalue weighted by Crippen LogP contribution is 2.26. The first kappa shape index (κ1) is 23.6. The number of nitrogens with one attached hydrogen (secondary N) is 1. The molecule has 0 bridgehead atoms. The molecule has 0 atom stereocenters. The fourth-order valence-electron chi connectivity index (χ4n) is 3.72. The number of nitrogens with zero attached hydrogens (tertiary/aromatic N) is 5. The summed E-state index contributed by atoms with van der Waals surface area (Å²) in [5.74, 6) is 0.754. The normalized spacial score (nSPS) is 15.1. The number of sulfonamides is 1. The van der Waals surface area contributed by atoms with E-state index in [1.165, 1.54) is 11.2 Å². The Balaban J connectivity index is 1.53. The quantitative estimate of drug-likeness (QED) is 0.569. The van der Waals surface area contributed by atoms with Crippen LogP contribution in [0.15, 0.2) is 46.1 Å². The van der Waals surface area contributed by atoms with Crippen molar-refractivity contribution in [2.45, 2.75) is 25.7 Å². The molecule has 11 heteroatoms. The molecular weight excluding hydrogens is 456 g/mol. The summed E-state index contributed by atoms with van der Waals surface area (Å²) in [4.78, 5) is 22.2. The van der Waals surface area contributed by atoms with Crippen molar-refractivity contribution in [2.24, 2.45) is 0 Å². The maximum atomic E-state index is 13.4. The zero-order valence-corrected chi connectivity index (χ0v) is 20.0.